The fourth-order valence-electron chi connectivity index (χ4n) is 3.17. The molecule has 4 N–H and O–H groups in total. The van der Waals surface area contributed by atoms with Gasteiger partial charge in [-0.25, -0.2) is 14.6 Å². The average Bonchev–Trinajstić information content (AvgIpc) is 3.07. The monoisotopic (exact) mass is 371 g/mol. The Morgan fingerprint density at radius 2 is 2.07 bits per heavy atom. The molecule has 2 aromatic rings. The van der Waals surface area contributed by atoms with E-state index in [4.69, 9.17) is 21.0 Å². The molecule has 1 aliphatic heterocycles. The maximum absolute atomic E-state index is 8.89. The number of nitrogens with zero attached hydrogens (tertiary/aromatic N) is 4. The topological polar surface area (TPSA) is 115 Å². The molecular weight excluding hydrogens is 342 g/mol. The van der Waals surface area contributed by atoms with E-state index in [1.54, 1.807) is 0 Å². The standard InChI is InChI=1S/C19H29N7O/c1-11(2)13-9-14(26(25-13)15-7-5-6-8-27-15)17(20)16-18(21)22-10-23-19(16)24-12(3)4/h9-12,15,20H,5-8H2,1-4H3,(H3,21,22,23,24). The summed E-state index contributed by atoms with van der Waals surface area (Å²) in [5.41, 5.74) is 8.50. The Bertz CT molecular complexity index is 806. The van der Waals surface area contributed by atoms with Crippen molar-refractivity contribution in [2.75, 3.05) is 17.7 Å². The maximum atomic E-state index is 8.89. The summed E-state index contributed by atoms with van der Waals surface area (Å²) in [6.07, 6.45) is 4.29. The highest BCUT2D eigenvalue weighted by Gasteiger charge is 2.26. The van der Waals surface area contributed by atoms with Crippen LogP contribution in [0.2, 0.25) is 0 Å². The van der Waals surface area contributed by atoms with Crippen LogP contribution in [0, 0.1) is 5.41 Å². The van der Waals surface area contributed by atoms with Gasteiger partial charge in [0.2, 0.25) is 0 Å². The number of nitrogens with two attached hydrogens (primary N) is 1. The summed E-state index contributed by atoms with van der Waals surface area (Å²) in [5.74, 6) is 1.09. The van der Waals surface area contributed by atoms with E-state index in [0.717, 1.165) is 25.0 Å². The number of hydrogen-bond donors (Lipinski definition) is 3. The number of nitrogen functional groups attached to an aromatic ring is 1. The first kappa shape index (κ1) is 19.3. The fourth-order valence-corrected chi connectivity index (χ4v) is 3.17. The summed E-state index contributed by atoms with van der Waals surface area (Å²) in [7, 11) is 0. The van der Waals surface area contributed by atoms with Crippen molar-refractivity contribution in [1.29, 1.82) is 5.41 Å². The van der Waals surface area contributed by atoms with E-state index in [1.165, 1.54) is 6.33 Å². The molecule has 27 heavy (non-hydrogen) atoms. The zero-order valence-electron chi connectivity index (χ0n) is 16.5. The van der Waals surface area contributed by atoms with Crippen LogP contribution in [0.5, 0.6) is 0 Å². The Morgan fingerprint density at radius 1 is 1.30 bits per heavy atom. The Balaban J connectivity index is 2.06. The van der Waals surface area contributed by atoms with Crippen molar-refractivity contribution in [1.82, 2.24) is 19.7 Å². The third-order valence-electron chi connectivity index (χ3n) is 4.58. The minimum absolute atomic E-state index is 0.156. The van der Waals surface area contributed by atoms with Crippen LogP contribution in [-0.4, -0.2) is 38.1 Å². The van der Waals surface area contributed by atoms with Crippen molar-refractivity contribution in [3.8, 4) is 0 Å². The summed E-state index contributed by atoms with van der Waals surface area (Å²) in [5, 5.41) is 16.9. The molecule has 1 saturated heterocycles. The zero-order chi connectivity index (χ0) is 19.6. The van der Waals surface area contributed by atoms with Gasteiger partial charge in [-0.15, -0.1) is 0 Å². The summed E-state index contributed by atoms with van der Waals surface area (Å²) in [6.45, 7) is 8.93. The smallest absolute Gasteiger partial charge is 0.150 e. The van der Waals surface area contributed by atoms with Crippen LogP contribution < -0.4 is 11.1 Å². The summed E-state index contributed by atoms with van der Waals surface area (Å²) in [4.78, 5) is 8.41. The van der Waals surface area contributed by atoms with Gasteiger partial charge in [0.15, 0.2) is 6.23 Å². The highest BCUT2D eigenvalue weighted by Crippen LogP contribution is 2.29. The number of hydrogen-bond acceptors (Lipinski definition) is 7. The Hall–Kier alpha value is -2.48. The second-order valence-electron chi connectivity index (χ2n) is 7.53. The van der Waals surface area contributed by atoms with Gasteiger partial charge in [0.1, 0.15) is 18.0 Å². The highest BCUT2D eigenvalue weighted by atomic mass is 16.5. The predicted octanol–water partition coefficient (Wildman–Crippen LogP) is 3.31. The Morgan fingerprint density at radius 3 is 2.70 bits per heavy atom. The van der Waals surface area contributed by atoms with Gasteiger partial charge in [0, 0.05) is 12.6 Å². The van der Waals surface area contributed by atoms with Crippen molar-refractivity contribution in [2.24, 2.45) is 0 Å². The molecule has 3 heterocycles. The first-order valence-electron chi connectivity index (χ1n) is 9.55. The van der Waals surface area contributed by atoms with Crippen LogP contribution in [0.3, 0.4) is 0 Å². The normalized spacial score (nSPS) is 17.5. The maximum Gasteiger partial charge on any atom is 0.150 e. The average molecular weight is 371 g/mol. The molecule has 3 rings (SSSR count). The lowest BCUT2D eigenvalue weighted by Gasteiger charge is -2.25. The van der Waals surface area contributed by atoms with Crippen LogP contribution in [-0.2, 0) is 4.74 Å². The van der Waals surface area contributed by atoms with E-state index < -0.39 is 0 Å². The van der Waals surface area contributed by atoms with Gasteiger partial charge in [0.05, 0.1) is 22.7 Å². The van der Waals surface area contributed by atoms with Crippen molar-refractivity contribution in [2.45, 2.75) is 65.1 Å². The highest BCUT2D eigenvalue weighted by molar-refractivity contribution is 6.15. The molecule has 8 nitrogen and oxygen atoms in total. The fraction of sp³-hybridized carbons (Fsp3) is 0.579. The van der Waals surface area contributed by atoms with Gasteiger partial charge in [-0.2, -0.15) is 5.10 Å². The predicted molar refractivity (Wildman–Crippen MR) is 106 cm³/mol. The van der Waals surface area contributed by atoms with Crippen molar-refractivity contribution < 1.29 is 4.74 Å². The molecule has 1 fully saturated rings. The molecule has 0 spiro atoms. The number of ether oxygens (including phenoxy) is 1. The lowest BCUT2D eigenvalue weighted by Crippen LogP contribution is -2.24. The first-order valence-corrected chi connectivity index (χ1v) is 9.55. The SMILES string of the molecule is CC(C)Nc1ncnc(N)c1C(=N)c1cc(C(C)C)nn1C1CCCCO1. The molecule has 0 aromatic carbocycles. The summed E-state index contributed by atoms with van der Waals surface area (Å²) >= 11 is 0. The van der Waals surface area contributed by atoms with E-state index in [-0.39, 0.29) is 29.7 Å². The summed E-state index contributed by atoms with van der Waals surface area (Å²) in [6, 6.07) is 2.11. The van der Waals surface area contributed by atoms with Crippen molar-refractivity contribution >= 4 is 17.3 Å². The number of rotatable bonds is 6. The van der Waals surface area contributed by atoms with Crippen molar-refractivity contribution in [3.63, 3.8) is 0 Å². The van der Waals surface area contributed by atoms with E-state index in [2.05, 4.69) is 29.1 Å². The molecule has 8 heteroatoms. The third-order valence-corrected chi connectivity index (χ3v) is 4.58. The molecule has 1 unspecified atom stereocenters. The lowest BCUT2D eigenvalue weighted by atomic mass is 10.1. The second-order valence-corrected chi connectivity index (χ2v) is 7.53. The number of aromatic nitrogens is 4. The van der Waals surface area contributed by atoms with Crippen LogP contribution in [0.1, 0.15) is 76.1 Å². The van der Waals surface area contributed by atoms with E-state index in [9.17, 15) is 0 Å². The minimum Gasteiger partial charge on any atom is -0.383 e. The largest absolute Gasteiger partial charge is 0.383 e. The Kier molecular flexibility index (Phi) is 5.74. The minimum atomic E-state index is -0.158. The van der Waals surface area contributed by atoms with Gasteiger partial charge in [-0.05, 0) is 45.1 Å². The van der Waals surface area contributed by atoms with E-state index >= 15 is 0 Å². The van der Waals surface area contributed by atoms with Gasteiger partial charge >= 0.3 is 0 Å². The van der Waals surface area contributed by atoms with Crippen molar-refractivity contribution in [3.05, 3.63) is 29.3 Å². The molecule has 0 aliphatic carbocycles. The molecule has 0 bridgehead atoms. The molecule has 0 radical (unpaired) electrons. The summed E-state index contributed by atoms with van der Waals surface area (Å²) < 4.78 is 7.77. The molecule has 146 valence electrons. The second kappa shape index (κ2) is 8.04. The van der Waals surface area contributed by atoms with Crippen LogP contribution in [0.15, 0.2) is 12.4 Å². The van der Waals surface area contributed by atoms with E-state index in [1.807, 2.05) is 24.6 Å². The Labute approximate surface area is 160 Å². The van der Waals surface area contributed by atoms with Gasteiger partial charge in [0.25, 0.3) is 0 Å². The molecule has 0 amide bonds. The van der Waals surface area contributed by atoms with Gasteiger partial charge in [-0.1, -0.05) is 13.8 Å². The van der Waals surface area contributed by atoms with E-state index in [0.29, 0.717) is 23.7 Å². The zero-order valence-corrected chi connectivity index (χ0v) is 16.5. The molecule has 2 aromatic heterocycles. The van der Waals surface area contributed by atoms with Crippen LogP contribution >= 0.6 is 0 Å². The number of anilines is 2. The van der Waals surface area contributed by atoms with Crippen LogP contribution in [0.4, 0.5) is 11.6 Å². The molecule has 0 saturated carbocycles. The lowest BCUT2D eigenvalue weighted by molar-refractivity contribution is -0.0400. The van der Waals surface area contributed by atoms with Gasteiger partial charge < -0.3 is 15.8 Å². The first-order chi connectivity index (χ1) is 12.9. The van der Waals surface area contributed by atoms with Gasteiger partial charge in [-0.3, -0.25) is 5.41 Å². The molecular formula is C19H29N7O. The molecule has 1 atom stereocenters. The quantitative estimate of drug-likeness (QED) is 0.671. The number of nitrogens with one attached hydrogen (secondary N) is 2. The van der Waals surface area contributed by atoms with Crippen LogP contribution in [0.25, 0.3) is 0 Å². The molecule has 1 aliphatic rings. The third kappa shape index (κ3) is 4.10.